The topological polar surface area (TPSA) is 70.9 Å². The minimum absolute atomic E-state index is 0.0763. The Morgan fingerprint density at radius 2 is 1.63 bits per heavy atom. The Balaban J connectivity index is 1.74. The van der Waals surface area contributed by atoms with E-state index in [9.17, 15) is 5.11 Å². The van der Waals surface area contributed by atoms with E-state index in [2.05, 4.69) is 39.3 Å². The van der Waals surface area contributed by atoms with E-state index in [0.29, 0.717) is 10.8 Å². The van der Waals surface area contributed by atoms with Crippen molar-refractivity contribution in [2.75, 3.05) is 5.32 Å². The summed E-state index contributed by atoms with van der Waals surface area (Å²) >= 11 is 6.53. The summed E-state index contributed by atoms with van der Waals surface area (Å²) < 4.78 is 0. The van der Waals surface area contributed by atoms with Crippen LogP contribution in [0.3, 0.4) is 0 Å². The first kappa shape index (κ1) is 20.3. The van der Waals surface area contributed by atoms with Gasteiger partial charge in [0, 0.05) is 35.6 Å². The number of hydrogen-bond donors (Lipinski definition) is 2. The third kappa shape index (κ3) is 4.13. The molecule has 1 atom stereocenters. The van der Waals surface area contributed by atoms with Crippen LogP contribution in [0.25, 0.3) is 22.0 Å². The maximum absolute atomic E-state index is 10.1. The van der Waals surface area contributed by atoms with Crippen LogP contribution in [0.1, 0.15) is 38.2 Å². The lowest BCUT2D eigenvalue weighted by Gasteiger charge is -2.19. The lowest BCUT2D eigenvalue weighted by Crippen LogP contribution is -2.19. The van der Waals surface area contributed by atoms with Gasteiger partial charge in [0.25, 0.3) is 0 Å². The number of pyridine rings is 1. The van der Waals surface area contributed by atoms with Gasteiger partial charge in [-0.15, -0.1) is 0 Å². The fourth-order valence-corrected chi connectivity index (χ4v) is 3.53. The Morgan fingerprint density at radius 3 is 2.30 bits per heavy atom. The van der Waals surface area contributed by atoms with Gasteiger partial charge in [-0.3, -0.25) is 4.98 Å². The van der Waals surface area contributed by atoms with Crippen LogP contribution in [0, 0.1) is 0 Å². The minimum atomic E-state index is -1.08. The molecule has 6 heteroatoms. The molecule has 0 saturated heterocycles. The molecule has 0 spiro atoms. The Labute approximate surface area is 180 Å². The van der Waals surface area contributed by atoms with Gasteiger partial charge >= 0.3 is 0 Å². The molecule has 2 N–H and O–H groups in total. The highest BCUT2D eigenvalue weighted by Gasteiger charge is 2.19. The number of benzene rings is 2. The zero-order valence-electron chi connectivity index (χ0n) is 17.1. The molecule has 30 heavy (non-hydrogen) atoms. The lowest BCUT2D eigenvalue weighted by atomic mass is 10.0. The largest absolute Gasteiger partial charge is 0.382 e. The molecule has 5 nitrogen and oxygen atoms in total. The average molecular weight is 419 g/mol. The third-order valence-electron chi connectivity index (χ3n) is 5.01. The Hall–Kier alpha value is -3.02. The average Bonchev–Trinajstić information content (AvgIpc) is 2.75. The predicted molar refractivity (Wildman–Crippen MR) is 122 cm³/mol. The van der Waals surface area contributed by atoms with Crippen LogP contribution in [0.4, 0.5) is 5.69 Å². The molecule has 2 heterocycles. The maximum Gasteiger partial charge on any atom is 0.159 e. The number of nitrogens with one attached hydrogen (secondary N) is 1. The first-order valence-corrected chi connectivity index (χ1v) is 10.2. The van der Waals surface area contributed by atoms with Crippen molar-refractivity contribution in [3.63, 3.8) is 0 Å². The second-order valence-corrected chi connectivity index (χ2v) is 8.25. The molecular weight excluding hydrogens is 396 g/mol. The SMILES string of the molecule is C[C@H](Nc1c(Cl)cnc2ccc(-c3cnc(C(C)(C)O)nc3)cc12)c1ccccc1. The van der Waals surface area contributed by atoms with E-state index in [1.165, 1.54) is 5.56 Å². The molecule has 0 aliphatic heterocycles. The van der Waals surface area contributed by atoms with Crippen LogP contribution < -0.4 is 5.32 Å². The van der Waals surface area contributed by atoms with Crippen LogP contribution in [-0.2, 0) is 5.60 Å². The van der Waals surface area contributed by atoms with Crippen LogP contribution >= 0.6 is 11.6 Å². The molecule has 152 valence electrons. The Bertz CT molecular complexity index is 1170. The Morgan fingerprint density at radius 1 is 0.933 bits per heavy atom. The molecule has 4 rings (SSSR count). The highest BCUT2D eigenvalue weighted by Crippen LogP contribution is 2.35. The quantitative estimate of drug-likeness (QED) is 0.432. The van der Waals surface area contributed by atoms with Gasteiger partial charge in [-0.25, -0.2) is 9.97 Å². The van der Waals surface area contributed by atoms with E-state index < -0.39 is 5.60 Å². The Kier molecular flexibility index (Phi) is 5.41. The third-order valence-corrected chi connectivity index (χ3v) is 5.30. The number of rotatable bonds is 5. The number of nitrogens with zero attached hydrogens (tertiary/aromatic N) is 3. The number of aromatic nitrogens is 3. The summed E-state index contributed by atoms with van der Waals surface area (Å²) in [6, 6.07) is 16.3. The van der Waals surface area contributed by atoms with Crippen molar-refractivity contribution in [3.8, 4) is 11.1 Å². The summed E-state index contributed by atoms with van der Waals surface area (Å²) in [4.78, 5) is 13.1. The maximum atomic E-state index is 10.1. The van der Waals surface area contributed by atoms with Gasteiger partial charge < -0.3 is 10.4 Å². The molecule has 2 aromatic carbocycles. The van der Waals surface area contributed by atoms with Crippen molar-refractivity contribution in [1.29, 1.82) is 0 Å². The smallest absolute Gasteiger partial charge is 0.159 e. The van der Waals surface area contributed by atoms with Gasteiger partial charge in [0.2, 0.25) is 0 Å². The summed E-state index contributed by atoms with van der Waals surface area (Å²) in [6.45, 7) is 5.43. The van der Waals surface area contributed by atoms with Crippen LogP contribution in [-0.4, -0.2) is 20.1 Å². The van der Waals surface area contributed by atoms with Crippen molar-refractivity contribution in [2.24, 2.45) is 0 Å². The van der Waals surface area contributed by atoms with E-state index in [1.54, 1.807) is 32.4 Å². The molecule has 0 radical (unpaired) electrons. The van der Waals surface area contributed by atoms with Crippen LogP contribution in [0.5, 0.6) is 0 Å². The van der Waals surface area contributed by atoms with E-state index in [0.717, 1.165) is 27.7 Å². The van der Waals surface area contributed by atoms with Gasteiger partial charge in [0.1, 0.15) is 5.60 Å². The number of fused-ring (bicyclic) bond motifs is 1. The number of halogens is 1. The zero-order chi connectivity index (χ0) is 21.3. The molecule has 0 aliphatic rings. The second kappa shape index (κ2) is 8.01. The highest BCUT2D eigenvalue weighted by atomic mass is 35.5. The summed E-state index contributed by atoms with van der Waals surface area (Å²) in [5.74, 6) is 0.385. The molecule has 0 bridgehead atoms. The fourth-order valence-electron chi connectivity index (χ4n) is 3.33. The van der Waals surface area contributed by atoms with Crippen molar-refractivity contribution >= 4 is 28.2 Å². The first-order valence-electron chi connectivity index (χ1n) is 9.78. The van der Waals surface area contributed by atoms with E-state index >= 15 is 0 Å². The summed E-state index contributed by atoms with van der Waals surface area (Å²) in [5.41, 5.74) is 3.58. The first-order chi connectivity index (χ1) is 14.3. The van der Waals surface area contributed by atoms with E-state index in [4.69, 9.17) is 11.6 Å². The zero-order valence-corrected chi connectivity index (χ0v) is 17.9. The van der Waals surface area contributed by atoms with Gasteiger partial charge in [0.05, 0.1) is 16.2 Å². The molecule has 0 saturated carbocycles. The molecule has 0 amide bonds. The van der Waals surface area contributed by atoms with Crippen molar-refractivity contribution < 1.29 is 5.11 Å². The van der Waals surface area contributed by atoms with Gasteiger partial charge in [-0.2, -0.15) is 0 Å². The van der Waals surface area contributed by atoms with Gasteiger partial charge in [0.15, 0.2) is 5.82 Å². The molecule has 0 fully saturated rings. The number of hydrogen-bond acceptors (Lipinski definition) is 5. The molecule has 4 aromatic rings. The standard InChI is InChI=1S/C24H23ClN4O/c1-15(16-7-5-4-6-8-16)29-22-19-11-17(9-10-21(19)26-14-20(22)25)18-12-27-23(28-13-18)24(2,3)30/h4-15,30H,1-3H3,(H,26,29)/t15-/m0/s1. The molecule has 2 aromatic heterocycles. The van der Waals surface area contributed by atoms with Crippen molar-refractivity contribution in [3.05, 3.63) is 83.5 Å². The monoisotopic (exact) mass is 418 g/mol. The molecule has 0 aliphatic carbocycles. The molecule has 0 unspecified atom stereocenters. The summed E-state index contributed by atoms with van der Waals surface area (Å²) in [7, 11) is 0. The lowest BCUT2D eigenvalue weighted by molar-refractivity contribution is 0.0687. The summed E-state index contributed by atoms with van der Waals surface area (Å²) in [5, 5.41) is 15.1. The van der Waals surface area contributed by atoms with E-state index in [1.807, 2.05) is 36.4 Å². The normalized spacial score (nSPS) is 12.7. The minimum Gasteiger partial charge on any atom is -0.382 e. The van der Waals surface area contributed by atoms with Crippen LogP contribution in [0.2, 0.25) is 5.02 Å². The highest BCUT2D eigenvalue weighted by molar-refractivity contribution is 6.34. The van der Waals surface area contributed by atoms with Crippen molar-refractivity contribution in [2.45, 2.75) is 32.4 Å². The predicted octanol–water partition coefficient (Wildman–Crippen LogP) is 5.75. The summed E-state index contributed by atoms with van der Waals surface area (Å²) in [6.07, 6.45) is 5.11. The molecular formula is C24H23ClN4O. The number of anilines is 1. The van der Waals surface area contributed by atoms with Crippen molar-refractivity contribution in [1.82, 2.24) is 15.0 Å². The second-order valence-electron chi connectivity index (χ2n) is 7.84. The van der Waals surface area contributed by atoms with E-state index in [-0.39, 0.29) is 6.04 Å². The number of aliphatic hydroxyl groups is 1. The fraction of sp³-hybridized carbons (Fsp3) is 0.208. The van der Waals surface area contributed by atoms with Crippen LogP contribution in [0.15, 0.2) is 67.1 Å². The van der Waals surface area contributed by atoms with Gasteiger partial charge in [-0.05, 0) is 44.0 Å². The van der Waals surface area contributed by atoms with Gasteiger partial charge in [-0.1, -0.05) is 48.0 Å².